The number of carbonyl (C=O) groups is 1. The van der Waals surface area contributed by atoms with Gasteiger partial charge in [0.15, 0.2) is 0 Å². The van der Waals surface area contributed by atoms with Crippen LogP contribution in [0, 0.1) is 0 Å². The first-order valence-electron chi connectivity index (χ1n) is 9.10. The molecule has 150 valence electrons. The van der Waals surface area contributed by atoms with E-state index in [0.717, 1.165) is 10.8 Å². The Morgan fingerprint density at radius 2 is 1.47 bits per heavy atom. The molecule has 0 atom stereocenters. The van der Waals surface area contributed by atoms with E-state index in [0.29, 0.717) is 11.3 Å². The van der Waals surface area contributed by atoms with E-state index in [-0.39, 0.29) is 21.5 Å². The molecule has 0 bridgehead atoms. The van der Waals surface area contributed by atoms with Crippen LogP contribution in [0.15, 0.2) is 95.9 Å². The lowest BCUT2D eigenvalue weighted by molar-refractivity contribution is 0.102. The molecule has 4 rings (SSSR count). The van der Waals surface area contributed by atoms with Crippen molar-refractivity contribution >= 4 is 49.7 Å². The summed E-state index contributed by atoms with van der Waals surface area (Å²) in [6.07, 6.45) is 0. The zero-order chi connectivity index (χ0) is 21.1. The quantitative estimate of drug-likeness (QED) is 0.431. The minimum absolute atomic E-state index is 0.124. The molecule has 0 spiro atoms. The average molecular weight is 437 g/mol. The van der Waals surface area contributed by atoms with Crippen LogP contribution in [0.2, 0.25) is 5.02 Å². The van der Waals surface area contributed by atoms with Crippen LogP contribution in [-0.4, -0.2) is 14.3 Å². The van der Waals surface area contributed by atoms with Gasteiger partial charge in [0.1, 0.15) is 0 Å². The third-order valence-corrected chi connectivity index (χ3v) is 6.23. The van der Waals surface area contributed by atoms with Crippen molar-refractivity contribution in [3.63, 3.8) is 0 Å². The molecule has 4 aromatic rings. The molecule has 0 saturated heterocycles. The van der Waals surface area contributed by atoms with Crippen LogP contribution in [0.1, 0.15) is 10.4 Å². The van der Waals surface area contributed by atoms with Crippen molar-refractivity contribution in [3.05, 3.63) is 102 Å². The Kier molecular flexibility index (Phi) is 5.44. The average Bonchev–Trinajstić information content (AvgIpc) is 2.75. The second-order valence-corrected chi connectivity index (χ2v) is 8.72. The van der Waals surface area contributed by atoms with Gasteiger partial charge in [-0.1, -0.05) is 60.1 Å². The van der Waals surface area contributed by atoms with E-state index in [1.54, 1.807) is 18.2 Å². The summed E-state index contributed by atoms with van der Waals surface area (Å²) in [5.41, 5.74) is 1.17. The predicted octanol–water partition coefficient (Wildman–Crippen LogP) is 5.55. The molecule has 0 saturated carbocycles. The molecule has 30 heavy (non-hydrogen) atoms. The Morgan fingerprint density at radius 1 is 0.767 bits per heavy atom. The van der Waals surface area contributed by atoms with E-state index < -0.39 is 10.0 Å². The summed E-state index contributed by atoms with van der Waals surface area (Å²) in [6.45, 7) is 0. The first-order chi connectivity index (χ1) is 14.4. The van der Waals surface area contributed by atoms with E-state index in [9.17, 15) is 13.2 Å². The van der Waals surface area contributed by atoms with Gasteiger partial charge in [0.25, 0.3) is 15.9 Å². The maximum atomic E-state index is 12.6. The number of fused-ring (bicyclic) bond motifs is 1. The fraction of sp³-hybridized carbons (Fsp3) is 0. The smallest absolute Gasteiger partial charge is 0.261 e. The maximum absolute atomic E-state index is 12.6. The predicted molar refractivity (Wildman–Crippen MR) is 121 cm³/mol. The van der Waals surface area contributed by atoms with Crippen molar-refractivity contribution in [3.8, 4) is 0 Å². The van der Waals surface area contributed by atoms with Crippen molar-refractivity contribution in [2.45, 2.75) is 4.90 Å². The van der Waals surface area contributed by atoms with Gasteiger partial charge in [-0.05, 0) is 53.2 Å². The molecule has 7 heteroatoms. The molecule has 2 N–H and O–H groups in total. The summed E-state index contributed by atoms with van der Waals surface area (Å²) in [6, 6.07) is 25.9. The van der Waals surface area contributed by atoms with E-state index in [4.69, 9.17) is 11.6 Å². The summed E-state index contributed by atoms with van der Waals surface area (Å²) in [4.78, 5) is 12.7. The van der Waals surface area contributed by atoms with Crippen LogP contribution in [0.4, 0.5) is 11.4 Å². The summed E-state index contributed by atoms with van der Waals surface area (Å²) in [5.74, 6) is -0.343. The lowest BCUT2D eigenvalue weighted by Crippen LogP contribution is -2.14. The first-order valence-corrected chi connectivity index (χ1v) is 11.0. The molecule has 0 aliphatic carbocycles. The van der Waals surface area contributed by atoms with Crippen LogP contribution >= 0.6 is 11.6 Å². The monoisotopic (exact) mass is 436 g/mol. The van der Waals surface area contributed by atoms with Crippen LogP contribution in [0.5, 0.6) is 0 Å². The highest BCUT2D eigenvalue weighted by atomic mass is 35.5. The van der Waals surface area contributed by atoms with Gasteiger partial charge in [0.2, 0.25) is 0 Å². The van der Waals surface area contributed by atoms with Gasteiger partial charge < -0.3 is 5.32 Å². The van der Waals surface area contributed by atoms with Gasteiger partial charge in [-0.15, -0.1) is 0 Å². The number of rotatable bonds is 5. The standard InChI is InChI=1S/C23H17ClN2O3S/c24-21-15-18(11-13-22(21)26-30(28,29)20-8-2-1-3-9-20)23(27)25-19-12-10-16-6-4-5-7-17(16)14-19/h1-15,26H,(H,25,27). The van der Waals surface area contributed by atoms with Crippen molar-refractivity contribution < 1.29 is 13.2 Å². The topological polar surface area (TPSA) is 75.3 Å². The third-order valence-electron chi connectivity index (χ3n) is 4.54. The molecule has 0 radical (unpaired) electrons. The zero-order valence-corrected chi connectivity index (χ0v) is 17.2. The van der Waals surface area contributed by atoms with Crippen molar-refractivity contribution in [1.29, 1.82) is 0 Å². The number of sulfonamides is 1. The van der Waals surface area contributed by atoms with E-state index in [1.165, 1.54) is 30.3 Å². The summed E-state index contributed by atoms with van der Waals surface area (Å²) >= 11 is 6.24. The van der Waals surface area contributed by atoms with Crippen LogP contribution < -0.4 is 10.0 Å². The van der Waals surface area contributed by atoms with Crippen molar-refractivity contribution in [2.75, 3.05) is 10.0 Å². The number of nitrogens with one attached hydrogen (secondary N) is 2. The Morgan fingerprint density at radius 3 is 2.20 bits per heavy atom. The second kappa shape index (κ2) is 8.18. The molecule has 0 aliphatic heterocycles. The van der Waals surface area contributed by atoms with E-state index in [2.05, 4.69) is 10.0 Å². The molecule has 0 unspecified atom stereocenters. The molecule has 0 heterocycles. The molecular formula is C23H17ClN2O3S. The Hall–Kier alpha value is -3.35. The van der Waals surface area contributed by atoms with Gasteiger partial charge in [0, 0.05) is 11.3 Å². The minimum Gasteiger partial charge on any atom is -0.322 e. The number of hydrogen-bond donors (Lipinski definition) is 2. The molecule has 0 aromatic heterocycles. The Bertz CT molecular complexity index is 1340. The Balaban J connectivity index is 1.52. The molecule has 1 amide bonds. The third kappa shape index (κ3) is 4.30. The molecule has 0 aliphatic rings. The number of halogens is 1. The summed E-state index contributed by atoms with van der Waals surface area (Å²) < 4.78 is 27.4. The van der Waals surface area contributed by atoms with Gasteiger partial charge in [-0.25, -0.2) is 8.42 Å². The number of benzene rings is 4. The molecule has 5 nitrogen and oxygen atoms in total. The normalized spacial score (nSPS) is 11.2. The van der Waals surface area contributed by atoms with Crippen LogP contribution in [0.3, 0.4) is 0 Å². The highest BCUT2D eigenvalue weighted by Gasteiger charge is 2.16. The van der Waals surface area contributed by atoms with Crippen LogP contribution in [0.25, 0.3) is 10.8 Å². The zero-order valence-electron chi connectivity index (χ0n) is 15.7. The van der Waals surface area contributed by atoms with Gasteiger partial charge in [-0.3, -0.25) is 9.52 Å². The van der Waals surface area contributed by atoms with Gasteiger partial charge >= 0.3 is 0 Å². The maximum Gasteiger partial charge on any atom is 0.261 e. The number of amides is 1. The second-order valence-electron chi connectivity index (χ2n) is 6.63. The lowest BCUT2D eigenvalue weighted by atomic mass is 10.1. The van der Waals surface area contributed by atoms with Crippen molar-refractivity contribution in [1.82, 2.24) is 0 Å². The fourth-order valence-electron chi connectivity index (χ4n) is 3.01. The first kappa shape index (κ1) is 19.9. The number of carbonyl (C=O) groups excluding carboxylic acids is 1. The van der Waals surface area contributed by atoms with E-state index >= 15 is 0 Å². The highest BCUT2D eigenvalue weighted by molar-refractivity contribution is 7.92. The largest absolute Gasteiger partial charge is 0.322 e. The SMILES string of the molecule is O=C(Nc1ccc2ccccc2c1)c1ccc(NS(=O)(=O)c2ccccc2)c(Cl)c1. The molecule has 4 aromatic carbocycles. The fourth-order valence-corrected chi connectivity index (χ4v) is 4.40. The highest BCUT2D eigenvalue weighted by Crippen LogP contribution is 2.26. The summed E-state index contributed by atoms with van der Waals surface area (Å²) in [7, 11) is -3.77. The number of anilines is 2. The van der Waals surface area contributed by atoms with E-state index in [1.807, 2.05) is 42.5 Å². The molecular weight excluding hydrogens is 420 g/mol. The minimum atomic E-state index is -3.77. The van der Waals surface area contributed by atoms with Crippen molar-refractivity contribution in [2.24, 2.45) is 0 Å². The van der Waals surface area contributed by atoms with Gasteiger partial charge in [-0.2, -0.15) is 0 Å². The lowest BCUT2D eigenvalue weighted by Gasteiger charge is -2.11. The Labute approximate surface area is 179 Å². The molecule has 0 fully saturated rings. The van der Waals surface area contributed by atoms with Gasteiger partial charge in [0.05, 0.1) is 15.6 Å². The van der Waals surface area contributed by atoms with Crippen LogP contribution in [-0.2, 0) is 10.0 Å². The summed E-state index contributed by atoms with van der Waals surface area (Å²) in [5, 5.41) is 5.05. The number of hydrogen-bond acceptors (Lipinski definition) is 3.